The first-order chi connectivity index (χ1) is 25.2. The number of hydrogen-bond donors (Lipinski definition) is 3. The monoisotopic (exact) mass is 733 g/mol. The molecular weight excluding hydrogens is 652 g/mol. The van der Waals surface area contributed by atoms with Crippen LogP contribution in [0.2, 0.25) is 0 Å². The smallest absolute Gasteiger partial charge is 0.305 e. The summed E-state index contributed by atoms with van der Waals surface area (Å²) in [5, 5.41) is 30.0. The third-order valence-corrected chi connectivity index (χ3v) is 9.20. The molecule has 0 saturated carbocycles. The number of unbranched alkanes of at least 4 members (excludes halogenated alkanes) is 17. The van der Waals surface area contributed by atoms with Gasteiger partial charge in [0.1, 0.15) is 19.3 Å². The van der Waals surface area contributed by atoms with Gasteiger partial charge in [-0.05, 0) is 38.0 Å². The van der Waals surface area contributed by atoms with E-state index in [1.165, 1.54) is 89.9 Å². The molecule has 0 aromatic carbocycles. The highest BCUT2D eigenvalue weighted by molar-refractivity contribution is 5.69. The van der Waals surface area contributed by atoms with Gasteiger partial charge in [0.2, 0.25) is 0 Å². The summed E-state index contributed by atoms with van der Waals surface area (Å²) < 4.78 is 10.2. The lowest BCUT2D eigenvalue weighted by Gasteiger charge is -2.12. The van der Waals surface area contributed by atoms with E-state index in [9.17, 15) is 24.9 Å². The van der Waals surface area contributed by atoms with Crippen molar-refractivity contribution in [3.05, 3.63) is 48.6 Å². The molecule has 3 N–H and O–H groups in total. The van der Waals surface area contributed by atoms with Crippen LogP contribution in [0.5, 0.6) is 0 Å². The fourth-order valence-electron chi connectivity index (χ4n) is 5.90. The van der Waals surface area contributed by atoms with E-state index in [2.05, 4.69) is 20.8 Å². The largest absolute Gasteiger partial charge is 0.463 e. The van der Waals surface area contributed by atoms with Crippen LogP contribution >= 0.6 is 0 Å². The van der Waals surface area contributed by atoms with Crippen molar-refractivity contribution in [3.8, 4) is 0 Å². The topological polar surface area (TPSA) is 113 Å². The van der Waals surface area contributed by atoms with Crippen LogP contribution in [0.4, 0.5) is 0 Å². The fourth-order valence-corrected chi connectivity index (χ4v) is 5.90. The van der Waals surface area contributed by atoms with Gasteiger partial charge in [-0.15, -0.1) is 0 Å². The molecule has 0 aliphatic carbocycles. The zero-order valence-corrected chi connectivity index (χ0v) is 33.7. The standard InChI is InChI=1S/C45H80O7/c1-4-5-25-32-41(46)33-27-22-18-16-19-23-28-34-42(47)35-30-37-45(50)52-39-43(48)38-51-44(49)36-29-24-20-15-13-11-9-7-6-8-10-12-14-17-21-26-31-40(2)3/h18-19,22-23,27-28,33-34,40-43,46-48H,4-17,20-21,24-26,29-32,35-39H2,1-3H3/b22-18-,23-19-,33-27+,34-28+/t41-,42-,43+/m0/s1. The molecule has 302 valence electrons. The van der Waals surface area contributed by atoms with Gasteiger partial charge in [-0.1, -0.05) is 191 Å². The maximum absolute atomic E-state index is 12.0. The Labute approximate surface area is 319 Å². The maximum Gasteiger partial charge on any atom is 0.305 e. The number of rotatable bonds is 37. The Hall–Kier alpha value is -2.22. The summed E-state index contributed by atoms with van der Waals surface area (Å²) in [6.45, 7) is 6.37. The van der Waals surface area contributed by atoms with E-state index in [0.29, 0.717) is 19.3 Å². The average molecular weight is 733 g/mol. The van der Waals surface area contributed by atoms with Crippen LogP contribution in [0.15, 0.2) is 48.6 Å². The van der Waals surface area contributed by atoms with Crippen molar-refractivity contribution in [2.75, 3.05) is 13.2 Å². The Morgan fingerprint density at radius 2 is 0.885 bits per heavy atom. The van der Waals surface area contributed by atoms with Crippen LogP contribution in [-0.4, -0.2) is 58.8 Å². The molecule has 7 nitrogen and oxygen atoms in total. The number of allylic oxidation sites excluding steroid dienone is 6. The third-order valence-electron chi connectivity index (χ3n) is 9.20. The predicted octanol–water partition coefficient (Wildman–Crippen LogP) is 11.2. The molecule has 0 aromatic heterocycles. The van der Waals surface area contributed by atoms with Crippen LogP contribution in [0.25, 0.3) is 0 Å². The van der Waals surface area contributed by atoms with Crippen molar-refractivity contribution in [1.82, 2.24) is 0 Å². The van der Waals surface area contributed by atoms with Crippen molar-refractivity contribution in [3.63, 3.8) is 0 Å². The number of hydrogen-bond acceptors (Lipinski definition) is 7. The fraction of sp³-hybridized carbons (Fsp3) is 0.778. The van der Waals surface area contributed by atoms with Crippen molar-refractivity contribution >= 4 is 11.9 Å². The molecule has 0 spiro atoms. The van der Waals surface area contributed by atoms with Gasteiger partial charge in [0, 0.05) is 12.8 Å². The van der Waals surface area contributed by atoms with E-state index in [0.717, 1.165) is 57.3 Å². The Morgan fingerprint density at radius 1 is 0.500 bits per heavy atom. The molecule has 0 saturated heterocycles. The van der Waals surface area contributed by atoms with Crippen molar-refractivity contribution in [1.29, 1.82) is 0 Å². The van der Waals surface area contributed by atoms with E-state index >= 15 is 0 Å². The first-order valence-electron chi connectivity index (χ1n) is 21.3. The highest BCUT2D eigenvalue weighted by Gasteiger charge is 2.12. The molecule has 0 aromatic rings. The summed E-state index contributed by atoms with van der Waals surface area (Å²) >= 11 is 0. The summed E-state index contributed by atoms with van der Waals surface area (Å²) in [5.41, 5.74) is 0. The quantitative estimate of drug-likeness (QED) is 0.0331. The zero-order valence-electron chi connectivity index (χ0n) is 33.7. The lowest BCUT2D eigenvalue weighted by molar-refractivity contribution is -0.152. The lowest BCUT2D eigenvalue weighted by atomic mass is 10.0. The van der Waals surface area contributed by atoms with Crippen LogP contribution in [0, 0.1) is 5.92 Å². The number of carbonyl (C=O) groups excluding carboxylic acids is 2. The normalized spacial score (nSPS) is 14.0. The molecule has 0 heterocycles. The molecule has 52 heavy (non-hydrogen) atoms. The van der Waals surface area contributed by atoms with Gasteiger partial charge in [0.25, 0.3) is 0 Å². The Bertz CT molecular complexity index is 923. The minimum atomic E-state index is -1.05. The number of esters is 2. The van der Waals surface area contributed by atoms with Gasteiger partial charge in [-0.3, -0.25) is 9.59 Å². The van der Waals surface area contributed by atoms with Crippen molar-refractivity contribution < 1.29 is 34.4 Å². The number of ether oxygens (including phenoxy) is 2. The molecule has 0 fully saturated rings. The van der Waals surface area contributed by atoms with Crippen molar-refractivity contribution in [2.45, 2.75) is 206 Å². The Kier molecular flexibility index (Phi) is 36.9. The summed E-state index contributed by atoms with van der Waals surface area (Å²) in [6, 6.07) is 0. The summed E-state index contributed by atoms with van der Waals surface area (Å²) in [7, 11) is 0. The second kappa shape index (κ2) is 38.5. The van der Waals surface area contributed by atoms with Gasteiger partial charge in [-0.25, -0.2) is 0 Å². The summed E-state index contributed by atoms with van der Waals surface area (Å²) in [4.78, 5) is 24.0. The van der Waals surface area contributed by atoms with Crippen molar-refractivity contribution in [2.24, 2.45) is 5.92 Å². The molecule has 0 aliphatic rings. The third kappa shape index (κ3) is 39.0. The maximum atomic E-state index is 12.0. The molecule has 0 aliphatic heterocycles. The summed E-state index contributed by atoms with van der Waals surface area (Å²) in [5.74, 6) is 0.0666. The van der Waals surface area contributed by atoms with Crippen LogP contribution < -0.4 is 0 Å². The minimum absolute atomic E-state index is 0.137. The molecule has 0 bridgehead atoms. The second-order valence-corrected chi connectivity index (χ2v) is 15.0. The van der Waals surface area contributed by atoms with Gasteiger partial charge >= 0.3 is 11.9 Å². The molecule has 3 atom stereocenters. The predicted molar refractivity (Wildman–Crippen MR) is 217 cm³/mol. The van der Waals surface area contributed by atoms with E-state index in [-0.39, 0.29) is 31.7 Å². The number of aliphatic hydroxyl groups is 3. The second-order valence-electron chi connectivity index (χ2n) is 15.0. The van der Waals surface area contributed by atoms with Gasteiger partial charge in [-0.2, -0.15) is 0 Å². The molecule has 0 rings (SSSR count). The lowest BCUT2D eigenvalue weighted by Crippen LogP contribution is -2.25. The zero-order chi connectivity index (χ0) is 38.3. The van der Waals surface area contributed by atoms with Gasteiger partial charge in [0.15, 0.2) is 0 Å². The van der Waals surface area contributed by atoms with E-state index in [1.807, 2.05) is 36.5 Å². The molecule has 0 radical (unpaired) electrons. The molecule has 0 amide bonds. The average Bonchev–Trinajstić information content (AvgIpc) is 3.11. The number of carbonyl (C=O) groups is 2. The first-order valence-corrected chi connectivity index (χ1v) is 21.3. The Morgan fingerprint density at radius 3 is 1.33 bits per heavy atom. The van der Waals surface area contributed by atoms with Crippen LogP contribution in [-0.2, 0) is 19.1 Å². The highest BCUT2D eigenvalue weighted by atomic mass is 16.6. The van der Waals surface area contributed by atoms with E-state index in [4.69, 9.17) is 9.47 Å². The van der Waals surface area contributed by atoms with E-state index in [1.54, 1.807) is 12.2 Å². The molecular formula is C45H80O7. The Balaban J connectivity index is 3.63. The molecule has 0 unspecified atom stereocenters. The van der Waals surface area contributed by atoms with E-state index < -0.39 is 18.2 Å². The number of aliphatic hydroxyl groups excluding tert-OH is 3. The van der Waals surface area contributed by atoms with Gasteiger partial charge in [0.05, 0.1) is 12.2 Å². The first kappa shape index (κ1) is 49.8. The van der Waals surface area contributed by atoms with Gasteiger partial charge < -0.3 is 24.8 Å². The van der Waals surface area contributed by atoms with Crippen LogP contribution in [0.3, 0.4) is 0 Å². The minimum Gasteiger partial charge on any atom is -0.463 e. The molecule has 7 heteroatoms. The summed E-state index contributed by atoms with van der Waals surface area (Å²) in [6.07, 6.45) is 41.0. The SMILES string of the molecule is CCCCC[C@H](O)/C=C/C=C\C/C=C\C=C\[C@H](O)CCCC(=O)OC[C@H](O)COC(=O)CCCCCCCCCCCCCCCCCCC(C)C. The van der Waals surface area contributed by atoms with Crippen LogP contribution in [0.1, 0.15) is 188 Å². The highest BCUT2D eigenvalue weighted by Crippen LogP contribution is 2.15.